The lowest BCUT2D eigenvalue weighted by atomic mass is 9.88. The fourth-order valence-electron chi connectivity index (χ4n) is 3.70. The third-order valence-electron chi connectivity index (χ3n) is 5.23. The second kappa shape index (κ2) is 7.55. The average molecular weight is 397 g/mol. The first kappa shape index (κ1) is 18.4. The van der Waals surface area contributed by atoms with Gasteiger partial charge in [-0.15, -0.1) is 11.3 Å². The Morgan fingerprint density at radius 2 is 1.93 bits per heavy atom. The van der Waals surface area contributed by atoms with Crippen LogP contribution in [0.5, 0.6) is 0 Å². The van der Waals surface area contributed by atoms with Gasteiger partial charge in [0, 0.05) is 30.9 Å². The van der Waals surface area contributed by atoms with Crippen LogP contribution in [0.4, 0.5) is 0 Å². The van der Waals surface area contributed by atoms with Gasteiger partial charge in [-0.05, 0) is 36.8 Å². The van der Waals surface area contributed by atoms with Crippen LogP contribution in [-0.4, -0.2) is 44.4 Å². The number of aromatic nitrogens is 2. The van der Waals surface area contributed by atoms with E-state index in [1.165, 1.54) is 21.9 Å². The molecule has 4 rings (SSSR count). The number of benzene rings is 1. The van der Waals surface area contributed by atoms with Crippen LogP contribution < -0.4 is 5.56 Å². The Labute approximate surface area is 164 Å². The maximum absolute atomic E-state index is 12.8. The molecule has 1 N–H and O–H groups in total. The number of carbonyl (C=O) groups excluding carboxylic acids is 1. The Kier molecular flexibility index (Phi) is 4.95. The lowest BCUT2D eigenvalue weighted by Crippen LogP contribution is -2.41. The number of carboxylic acids is 1. The molecule has 28 heavy (non-hydrogen) atoms. The topological polar surface area (TPSA) is 92.0 Å². The van der Waals surface area contributed by atoms with Gasteiger partial charge >= 0.3 is 5.97 Å². The van der Waals surface area contributed by atoms with Gasteiger partial charge in [0.2, 0.25) is 0 Å². The molecule has 0 atom stereocenters. The van der Waals surface area contributed by atoms with E-state index in [4.69, 9.17) is 0 Å². The van der Waals surface area contributed by atoms with Crippen molar-refractivity contribution in [2.45, 2.75) is 19.3 Å². The van der Waals surface area contributed by atoms with E-state index in [2.05, 4.69) is 4.98 Å². The van der Waals surface area contributed by atoms with Gasteiger partial charge in [0.05, 0.1) is 5.56 Å². The van der Waals surface area contributed by atoms with E-state index >= 15 is 0 Å². The molecular weight excluding hydrogens is 378 g/mol. The van der Waals surface area contributed by atoms with E-state index in [1.807, 2.05) is 12.1 Å². The monoisotopic (exact) mass is 397 g/mol. The Bertz CT molecular complexity index is 1100. The zero-order chi connectivity index (χ0) is 19.7. The van der Waals surface area contributed by atoms with E-state index in [9.17, 15) is 19.5 Å². The first-order valence-electron chi connectivity index (χ1n) is 9.10. The predicted molar refractivity (Wildman–Crippen MR) is 105 cm³/mol. The molecule has 1 aromatic carbocycles. The van der Waals surface area contributed by atoms with Gasteiger partial charge < -0.3 is 10.0 Å². The van der Waals surface area contributed by atoms with Crippen LogP contribution in [0.1, 0.15) is 39.1 Å². The molecule has 144 valence electrons. The lowest BCUT2D eigenvalue weighted by molar-refractivity contribution is 0.0688. The molecule has 0 aliphatic carbocycles. The molecule has 1 saturated heterocycles. The number of hydrogen-bond donors (Lipinski definition) is 1. The smallest absolute Gasteiger partial charge is 0.335 e. The first-order chi connectivity index (χ1) is 13.5. The molecule has 0 radical (unpaired) electrons. The highest BCUT2D eigenvalue weighted by Gasteiger charge is 2.26. The minimum atomic E-state index is -0.917. The Morgan fingerprint density at radius 3 is 2.68 bits per heavy atom. The van der Waals surface area contributed by atoms with Gasteiger partial charge in [0.1, 0.15) is 5.56 Å². The quantitative estimate of drug-likeness (QED) is 0.730. The number of rotatable bonds is 4. The average Bonchev–Trinajstić information content (AvgIpc) is 3.18. The summed E-state index contributed by atoms with van der Waals surface area (Å²) in [5.74, 6) is -0.898. The minimum absolute atomic E-state index is 0.0885. The molecule has 3 aromatic rings. The van der Waals surface area contributed by atoms with Gasteiger partial charge in [0.25, 0.3) is 11.5 Å². The number of amides is 1. The molecule has 8 heteroatoms. The van der Waals surface area contributed by atoms with E-state index < -0.39 is 5.97 Å². The van der Waals surface area contributed by atoms with Crippen LogP contribution in [0.2, 0.25) is 0 Å². The van der Waals surface area contributed by atoms with Crippen LogP contribution in [0.15, 0.2) is 46.8 Å². The minimum Gasteiger partial charge on any atom is -0.478 e. The summed E-state index contributed by atoms with van der Waals surface area (Å²) in [7, 11) is 0. The fraction of sp³-hybridized carbons (Fsp3) is 0.300. The Balaban J connectivity index is 1.44. The number of piperidine rings is 1. The first-order valence-corrected chi connectivity index (χ1v) is 9.98. The third-order valence-corrected chi connectivity index (χ3v) is 6.00. The second-order valence-corrected chi connectivity index (χ2v) is 7.81. The summed E-state index contributed by atoms with van der Waals surface area (Å²) in [6.07, 6.45) is 5.21. The molecule has 1 aliphatic heterocycles. The van der Waals surface area contributed by atoms with E-state index in [1.54, 1.807) is 28.6 Å². The van der Waals surface area contributed by atoms with Crippen molar-refractivity contribution < 1.29 is 14.7 Å². The number of carbonyl (C=O) groups is 2. The molecule has 0 spiro atoms. The highest BCUT2D eigenvalue weighted by atomic mass is 32.1. The normalized spacial score (nSPS) is 15.1. The number of fused-ring (bicyclic) bond motifs is 1. The van der Waals surface area contributed by atoms with E-state index in [-0.39, 0.29) is 17.0 Å². The molecule has 1 fully saturated rings. The Morgan fingerprint density at radius 1 is 1.18 bits per heavy atom. The number of hydrogen-bond acceptors (Lipinski definition) is 5. The zero-order valence-electron chi connectivity index (χ0n) is 15.1. The molecule has 0 unspecified atom stereocenters. The van der Waals surface area contributed by atoms with Crippen molar-refractivity contribution in [2.24, 2.45) is 5.92 Å². The van der Waals surface area contributed by atoms with Crippen molar-refractivity contribution >= 4 is 28.2 Å². The van der Waals surface area contributed by atoms with Crippen LogP contribution in [0.3, 0.4) is 0 Å². The van der Waals surface area contributed by atoms with Gasteiger partial charge in [-0.3, -0.25) is 14.0 Å². The standard InChI is InChI=1S/C20H19N3O4S/c24-17(16-12-21-20-23(18(16)25)9-10-28-20)22-7-5-13(6-8-22)11-14-3-1-2-4-15(14)19(26)27/h1-4,9-10,12-13H,5-8,11H2,(H,26,27). The van der Waals surface area contributed by atoms with Crippen LogP contribution in [0.25, 0.3) is 4.96 Å². The molecule has 2 aromatic heterocycles. The van der Waals surface area contributed by atoms with Gasteiger partial charge in [-0.25, -0.2) is 9.78 Å². The maximum Gasteiger partial charge on any atom is 0.335 e. The number of nitrogens with zero attached hydrogens (tertiary/aromatic N) is 3. The molecule has 0 saturated carbocycles. The van der Waals surface area contributed by atoms with Crippen LogP contribution in [0, 0.1) is 5.92 Å². The summed E-state index contributed by atoms with van der Waals surface area (Å²) in [5.41, 5.74) is 0.911. The predicted octanol–water partition coefficient (Wildman–Crippen LogP) is 2.55. The summed E-state index contributed by atoms with van der Waals surface area (Å²) in [6, 6.07) is 7.05. The summed E-state index contributed by atoms with van der Waals surface area (Å²) in [4.78, 5) is 43.1. The van der Waals surface area contributed by atoms with Crippen molar-refractivity contribution in [1.82, 2.24) is 14.3 Å². The molecule has 1 amide bonds. The number of likely N-dealkylation sites (tertiary alicyclic amines) is 1. The van der Waals surface area contributed by atoms with E-state index in [0.717, 1.165) is 18.4 Å². The van der Waals surface area contributed by atoms with Crippen molar-refractivity contribution in [1.29, 1.82) is 0 Å². The highest BCUT2D eigenvalue weighted by Crippen LogP contribution is 2.24. The highest BCUT2D eigenvalue weighted by molar-refractivity contribution is 7.15. The Hall–Kier alpha value is -3.00. The number of carboxylic acid groups (broad SMARTS) is 1. The number of aromatic carboxylic acids is 1. The summed E-state index contributed by atoms with van der Waals surface area (Å²) >= 11 is 1.35. The van der Waals surface area contributed by atoms with Gasteiger partial charge in [0.15, 0.2) is 4.96 Å². The molecule has 0 bridgehead atoms. The largest absolute Gasteiger partial charge is 0.478 e. The van der Waals surface area contributed by atoms with Crippen molar-refractivity contribution in [3.05, 3.63) is 69.1 Å². The van der Waals surface area contributed by atoms with Crippen molar-refractivity contribution in [2.75, 3.05) is 13.1 Å². The molecule has 3 heterocycles. The zero-order valence-corrected chi connectivity index (χ0v) is 15.9. The van der Waals surface area contributed by atoms with Gasteiger partial charge in [-0.2, -0.15) is 0 Å². The maximum atomic E-state index is 12.8. The van der Waals surface area contributed by atoms with Crippen molar-refractivity contribution in [3.63, 3.8) is 0 Å². The summed E-state index contributed by atoms with van der Waals surface area (Å²) in [6.45, 7) is 1.09. The SMILES string of the molecule is O=C(O)c1ccccc1CC1CCN(C(=O)c2cnc3sccn3c2=O)CC1. The van der Waals surface area contributed by atoms with Crippen molar-refractivity contribution in [3.8, 4) is 0 Å². The van der Waals surface area contributed by atoms with Crippen LogP contribution >= 0.6 is 11.3 Å². The van der Waals surface area contributed by atoms with Gasteiger partial charge in [-0.1, -0.05) is 18.2 Å². The molecular formula is C20H19N3O4S. The van der Waals surface area contributed by atoms with Crippen LogP contribution in [-0.2, 0) is 6.42 Å². The molecule has 7 nitrogen and oxygen atoms in total. The van der Waals surface area contributed by atoms with E-state index in [0.29, 0.717) is 36.0 Å². The third kappa shape index (κ3) is 3.43. The fourth-order valence-corrected chi connectivity index (χ4v) is 4.37. The lowest BCUT2D eigenvalue weighted by Gasteiger charge is -2.32. The summed E-state index contributed by atoms with van der Waals surface area (Å²) in [5, 5.41) is 11.1. The molecule has 1 aliphatic rings. The number of thiazole rings is 1. The summed E-state index contributed by atoms with van der Waals surface area (Å²) < 4.78 is 1.40. The second-order valence-electron chi connectivity index (χ2n) is 6.93.